The molecule has 0 aromatic heterocycles. The summed E-state index contributed by atoms with van der Waals surface area (Å²) in [6, 6.07) is 14.6. The summed E-state index contributed by atoms with van der Waals surface area (Å²) in [5, 5.41) is 85.1. The van der Waals surface area contributed by atoms with Crippen molar-refractivity contribution in [3.05, 3.63) is 123 Å². The first-order valence-corrected chi connectivity index (χ1v) is 34.4. The van der Waals surface area contributed by atoms with Crippen molar-refractivity contribution >= 4 is 53.0 Å². The maximum atomic E-state index is 15.3. The molecule has 103 heavy (non-hydrogen) atoms. The number of hydrogen-bond acceptors (Lipinski definition) is 20. The Balaban J connectivity index is 0.00000258. The number of methoxy groups -OCH3 is 1. The number of carboxylic acid groups (broad SMARTS) is 1. The van der Waals surface area contributed by atoms with Crippen molar-refractivity contribution in [3.63, 3.8) is 0 Å². The summed E-state index contributed by atoms with van der Waals surface area (Å²) in [6.45, 7) is 5.84. The number of fused-ring (bicyclic) bond motifs is 9. The maximum absolute atomic E-state index is 15.3. The number of hydrogen-bond donors (Lipinski definition) is 13. The number of nitro groups is 1. The first kappa shape index (κ1) is 84.6. The second-order valence-corrected chi connectivity index (χ2v) is 25.9. The van der Waals surface area contributed by atoms with Gasteiger partial charge >= 0.3 is 17.8 Å². The number of halogens is 3. The molecular formula is C71H99F3N10O19. The van der Waals surface area contributed by atoms with Crippen LogP contribution >= 0.6 is 0 Å². The molecule has 14 N–H and O–H groups in total. The van der Waals surface area contributed by atoms with Gasteiger partial charge in [0.15, 0.2) is 17.6 Å². The molecule has 7 amide bonds. The van der Waals surface area contributed by atoms with Gasteiger partial charge in [0, 0.05) is 44.8 Å². The fourth-order valence-corrected chi connectivity index (χ4v) is 11.4. The summed E-state index contributed by atoms with van der Waals surface area (Å²) in [7, 11) is 5.01. The van der Waals surface area contributed by atoms with Crippen LogP contribution in [0.25, 0.3) is 0 Å². The predicted molar refractivity (Wildman–Crippen MR) is 370 cm³/mol. The van der Waals surface area contributed by atoms with Crippen molar-refractivity contribution in [2.75, 3.05) is 47.4 Å². The van der Waals surface area contributed by atoms with Crippen LogP contribution in [0.5, 0.6) is 23.0 Å². The Morgan fingerprint density at radius 3 is 1.99 bits per heavy atom. The van der Waals surface area contributed by atoms with Crippen molar-refractivity contribution in [2.45, 2.75) is 197 Å². The predicted octanol–water partition coefficient (Wildman–Crippen LogP) is 4.73. The molecule has 1 saturated heterocycles. The number of alkyl halides is 3. The molecular weight excluding hydrogens is 1350 g/mol. The largest absolute Gasteiger partial charge is 0.490 e. The van der Waals surface area contributed by atoms with Gasteiger partial charge in [0.05, 0.1) is 30.7 Å². The number of aliphatic carboxylic acids is 1. The number of nitrogens with one attached hydrogen (secondary N) is 7. The zero-order chi connectivity index (χ0) is 75.9. The number of rotatable bonds is 35. The van der Waals surface area contributed by atoms with Gasteiger partial charge in [-0.1, -0.05) is 139 Å². The zero-order valence-electron chi connectivity index (χ0n) is 58.8. The number of nitro benzene ring substituents is 1. The van der Waals surface area contributed by atoms with Crippen LogP contribution in [0.2, 0.25) is 0 Å². The van der Waals surface area contributed by atoms with Crippen molar-refractivity contribution < 1.29 is 101 Å². The van der Waals surface area contributed by atoms with Crippen molar-refractivity contribution in [3.8, 4) is 23.0 Å². The molecule has 3 aliphatic heterocycles. The van der Waals surface area contributed by atoms with Gasteiger partial charge in [0.25, 0.3) is 5.91 Å². The number of carbonyl (C=O) groups is 8. The summed E-state index contributed by atoms with van der Waals surface area (Å²) in [5.74, 6) is -9.62. The van der Waals surface area contributed by atoms with Crippen LogP contribution < -0.4 is 57.2 Å². The van der Waals surface area contributed by atoms with E-state index >= 15 is 4.79 Å². The monoisotopic (exact) mass is 1450 g/mol. The fraction of sp³-hybridized carbons (Fsp3) is 0.549. The van der Waals surface area contributed by atoms with Crippen LogP contribution in [0.3, 0.4) is 0 Å². The van der Waals surface area contributed by atoms with Crippen molar-refractivity contribution in [2.24, 2.45) is 11.7 Å². The third-order valence-electron chi connectivity index (χ3n) is 16.8. The Morgan fingerprint density at radius 2 is 1.39 bits per heavy atom. The van der Waals surface area contributed by atoms with E-state index in [-0.39, 0.29) is 67.9 Å². The van der Waals surface area contributed by atoms with Gasteiger partial charge in [-0.25, -0.2) is 4.79 Å². The number of benzene rings is 4. The van der Waals surface area contributed by atoms with Gasteiger partial charge in [-0.15, -0.1) is 0 Å². The molecule has 0 radical (unpaired) electrons. The molecule has 1 fully saturated rings. The second-order valence-electron chi connectivity index (χ2n) is 25.9. The van der Waals surface area contributed by atoms with Gasteiger partial charge in [-0.05, 0) is 92.7 Å². The highest BCUT2D eigenvalue weighted by molar-refractivity contribution is 5.94. The molecule has 7 rings (SSSR count). The Hall–Kier alpha value is -9.05. The number of carboxylic acids is 1. The third-order valence-corrected chi connectivity index (χ3v) is 16.8. The summed E-state index contributed by atoms with van der Waals surface area (Å²) in [6.07, 6.45) is -5.35. The van der Waals surface area contributed by atoms with E-state index < -0.39 is 155 Å². The lowest BCUT2D eigenvalue weighted by molar-refractivity contribution is -0.385. The van der Waals surface area contributed by atoms with Crippen LogP contribution in [-0.4, -0.2) is 191 Å². The van der Waals surface area contributed by atoms with E-state index in [1.165, 1.54) is 37.8 Å². The van der Waals surface area contributed by atoms with Crippen molar-refractivity contribution in [1.29, 1.82) is 0 Å². The molecule has 568 valence electrons. The Labute approximate surface area is 596 Å². The molecule has 4 bridgehead atoms. The number of aliphatic hydroxyl groups excluding tert-OH is 4. The summed E-state index contributed by atoms with van der Waals surface area (Å²) >= 11 is 0. The van der Waals surface area contributed by atoms with Crippen LogP contribution in [0.4, 0.5) is 18.9 Å². The first-order chi connectivity index (χ1) is 49.0. The standard InChI is InChI=1S/C69H98N10O17.C2HF3O2/c1-7-8-9-10-11-12-13-14-21-28-55(81)76-59-61(84)60(83)54(41-80)96-69(59)95-53-40-46-39-52(63(53)93-6)94-51-31-30-44(38-50(51)79(91)92)37-49(73-64(86)47(70)35-42(2)3)65(87)74-48(36-43-24-17-15-18-25-43)66(88)77-57(46)62(85)68(90)72-32-22-29-56(82)75-58(45-26-19-16-20-27-45)67(89)71-33-23-34-78(4)5;3-2(4,5)1(6)7/h15-20,24-27,30-31,38-40,42,47-49,54,57-62,69,80,83-85H,7-14,21-23,28-29,32-37,41,70H2,1-6H3,(H,71,89)(H,72,90)(H,73,86)(H,74,87)(H,75,82)(H,76,81)(H,77,88);(H,6,7)/t47-,48-,49+,54-,57-,58-,59-,60-,61-,62-,69-;/m1./s1. The minimum atomic E-state index is -5.08. The lowest BCUT2D eigenvalue weighted by atomic mass is 9.96. The first-order valence-electron chi connectivity index (χ1n) is 34.4. The number of aliphatic hydroxyl groups is 4. The summed E-state index contributed by atoms with van der Waals surface area (Å²) in [4.78, 5) is 122. The van der Waals surface area contributed by atoms with Crippen LogP contribution in [-0.2, 0) is 55.9 Å². The minimum Gasteiger partial charge on any atom is -0.490 e. The van der Waals surface area contributed by atoms with E-state index in [0.717, 1.165) is 57.6 Å². The highest BCUT2D eigenvalue weighted by Gasteiger charge is 2.47. The topological polar surface area (TPSA) is 431 Å². The Morgan fingerprint density at radius 1 is 0.777 bits per heavy atom. The molecule has 4 aromatic carbocycles. The fourth-order valence-electron chi connectivity index (χ4n) is 11.4. The number of amides is 7. The Bertz CT molecular complexity index is 3410. The Kier molecular flexibility index (Phi) is 34.9. The smallest absolute Gasteiger partial charge is 0.490 e. The van der Waals surface area contributed by atoms with E-state index in [0.29, 0.717) is 30.5 Å². The molecule has 0 aliphatic carbocycles. The van der Waals surface area contributed by atoms with E-state index in [4.69, 9.17) is 34.6 Å². The van der Waals surface area contributed by atoms with Gasteiger partial charge in [0.2, 0.25) is 53.2 Å². The molecule has 11 atom stereocenters. The van der Waals surface area contributed by atoms with Gasteiger partial charge in [-0.3, -0.25) is 43.7 Å². The lowest BCUT2D eigenvalue weighted by Crippen LogP contribution is -2.65. The highest BCUT2D eigenvalue weighted by Crippen LogP contribution is 2.46. The van der Waals surface area contributed by atoms with Gasteiger partial charge in [0.1, 0.15) is 42.5 Å². The average Bonchev–Trinajstić information content (AvgIpc) is 0.777. The SMILES string of the molecule is CCCCCCCCCCCC(=O)N[C@H]1[C@H](Oc2cc3cc(c2OC)Oc2ccc(cc2[N+](=O)[O-])C[C@H](NC(=O)[C@H](N)CC(C)C)C(=O)N[C@H](Cc2ccccc2)C(=O)N[C@H]3[C@@H](O)C(=O)NCCCC(=O)N[C@@H](C(=O)NCCCN(C)C)c2ccccc2)O[C@H](CO)[C@@H](O)[C@@H]1O.O=C(O)C(F)(F)F. The van der Waals surface area contributed by atoms with Crippen molar-refractivity contribution in [1.82, 2.24) is 42.1 Å². The molecule has 0 saturated carbocycles. The molecule has 3 aliphatic rings. The third kappa shape index (κ3) is 27.6. The molecule has 3 heterocycles. The molecule has 29 nitrogen and oxygen atoms in total. The number of unbranched alkanes of at least 4 members (excludes halogenated alkanes) is 8. The number of nitrogens with zero attached hydrogens (tertiary/aromatic N) is 2. The number of ether oxygens (including phenoxy) is 4. The highest BCUT2D eigenvalue weighted by atomic mass is 19.4. The van der Waals surface area contributed by atoms with Crippen LogP contribution in [0.1, 0.15) is 145 Å². The second kappa shape index (κ2) is 42.5. The molecule has 32 heteroatoms. The van der Waals surface area contributed by atoms with Gasteiger partial charge < -0.3 is 92.3 Å². The summed E-state index contributed by atoms with van der Waals surface area (Å²) in [5.41, 5.74) is 6.63. The average molecular weight is 1450 g/mol. The normalized spacial score (nSPS) is 19.9. The van der Waals surface area contributed by atoms with E-state index in [9.17, 15) is 72.5 Å². The van der Waals surface area contributed by atoms with E-state index in [1.54, 1.807) is 60.7 Å². The summed E-state index contributed by atoms with van der Waals surface area (Å²) < 4.78 is 56.6. The molecule has 4 aromatic rings. The van der Waals surface area contributed by atoms with Gasteiger partial charge in [-0.2, -0.15) is 13.2 Å². The minimum absolute atomic E-state index is 0.0207. The quantitative estimate of drug-likeness (QED) is 0.0168. The molecule has 0 spiro atoms. The number of carbonyl (C=O) groups excluding carboxylic acids is 7. The maximum Gasteiger partial charge on any atom is 0.490 e. The molecule has 0 unspecified atom stereocenters. The van der Waals surface area contributed by atoms with Crippen LogP contribution in [0, 0.1) is 16.0 Å². The number of nitrogens with two attached hydrogens (primary N) is 1. The zero-order valence-corrected chi connectivity index (χ0v) is 58.8. The lowest BCUT2D eigenvalue weighted by Gasteiger charge is -2.42. The van der Waals surface area contributed by atoms with E-state index in [2.05, 4.69) is 44.1 Å². The van der Waals surface area contributed by atoms with E-state index in [1.807, 2.05) is 32.8 Å². The van der Waals surface area contributed by atoms with Crippen LogP contribution in [0.15, 0.2) is 91.0 Å².